The molecule has 3 rings (SSSR count). The van der Waals surface area contributed by atoms with E-state index < -0.39 is 6.17 Å². The molecule has 0 spiro atoms. The van der Waals surface area contributed by atoms with Crippen molar-refractivity contribution in [2.75, 3.05) is 7.05 Å². The third-order valence-corrected chi connectivity index (χ3v) is 5.32. The molecular weight excluding hydrogens is 256 g/mol. The average molecular weight is 279 g/mol. The van der Waals surface area contributed by atoms with Gasteiger partial charge in [0.15, 0.2) is 0 Å². The van der Waals surface area contributed by atoms with Gasteiger partial charge in [-0.3, -0.25) is 4.90 Å². The van der Waals surface area contributed by atoms with Gasteiger partial charge in [-0.1, -0.05) is 25.5 Å². The number of piperidine rings is 1. The number of rotatable bonds is 3. The monoisotopic (exact) mass is 279 g/mol. The van der Waals surface area contributed by atoms with Crippen LogP contribution in [0.5, 0.6) is 0 Å². The second-order valence-corrected chi connectivity index (χ2v) is 6.41. The quantitative estimate of drug-likeness (QED) is 0.803. The van der Waals surface area contributed by atoms with Crippen molar-refractivity contribution in [1.82, 2.24) is 4.90 Å². The highest BCUT2D eigenvalue weighted by atomic mass is 19.1. The molecule has 0 saturated carbocycles. The fourth-order valence-corrected chi connectivity index (χ4v) is 4.40. The molecule has 2 heterocycles. The summed E-state index contributed by atoms with van der Waals surface area (Å²) in [6.07, 6.45) is 3.09. The smallest absolute Gasteiger partial charge is 0.123 e. The minimum absolute atomic E-state index is 0.0451. The molecule has 5 atom stereocenters. The highest BCUT2D eigenvalue weighted by molar-refractivity contribution is 5.24. The number of fused-ring (bicyclic) bond motifs is 2. The first-order valence-corrected chi connectivity index (χ1v) is 7.73. The SMILES string of the molecule is CCCC1C(c2ccc(F)cc2)CC2C[C@@H](F)C1N2C. The Morgan fingerprint density at radius 2 is 1.90 bits per heavy atom. The van der Waals surface area contributed by atoms with Crippen LogP contribution in [0.1, 0.15) is 44.1 Å². The van der Waals surface area contributed by atoms with Gasteiger partial charge in [-0.2, -0.15) is 0 Å². The Kier molecular flexibility index (Phi) is 3.80. The van der Waals surface area contributed by atoms with Crippen LogP contribution in [0.4, 0.5) is 8.78 Å². The number of halogens is 2. The molecule has 110 valence electrons. The third-order valence-electron chi connectivity index (χ3n) is 5.32. The van der Waals surface area contributed by atoms with Gasteiger partial charge < -0.3 is 0 Å². The molecule has 0 amide bonds. The molecular formula is C17H23F2N. The Bertz CT molecular complexity index is 459. The molecule has 0 aromatic heterocycles. The molecule has 1 aromatic rings. The van der Waals surface area contributed by atoms with Crippen molar-refractivity contribution < 1.29 is 8.78 Å². The molecule has 2 fully saturated rings. The van der Waals surface area contributed by atoms with Crippen molar-refractivity contribution >= 4 is 0 Å². The van der Waals surface area contributed by atoms with E-state index in [-0.39, 0.29) is 11.9 Å². The second-order valence-electron chi connectivity index (χ2n) is 6.41. The molecule has 0 N–H and O–H groups in total. The summed E-state index contributed by atoms with van der Waals surface area (Å²) in [4.78, 5) is 2.25. The third kappa shape index (κ3) is 2.26. The van der Waals surface area contributed by atoms with Crippen molar-refractivity contribution in [3.05, 3.63) is 35.6 Å². The first kappa shape index (κ1) is 14.0. The zero-order valence-corrected chi connectivity index (χ0v) is 12.2. The maximum atomic E-state index is 14.4. The van der Waals surface area contributed by atoms with Gasteiger partial charge in [-0.25, -0.2) is 8.78 Å². The minimum atomic E-state index is -0.702. The highest BCUT2D eigenvalue weighted by Gasteiger charge is 2.50. The summed E-state index contributed by atoms with van der Waals surface area (Å²) in [5.41, 5.74) is 1.18. The van der Waals surface area contributed by atoms with E-state index in [2.05, 4.69) is 18.9 Å². The van der Waals surface area contributed by atoms with E-state index in [0.717, 1.165) is 19.3 Å². The summed E-state index contributed by atoms with van der Waals surface area (Å²) in [6.45, 7) is 2.16. The Labute approximate surface area is 120 Å². The zero-order chi connectivity index (χ0) is 14.3. The Morgan fingerprint density at radius 1 is 1.20 bits per heavy atom. The molecule has 0 aliphatic carbocycles. The van der Waals surface area contributed by atoms with Crippen LogP contribution >= 0.6 is 0 Å². The standard InChI is InChI=1S/C17H23F2N/c1-3-4-14-15(11-5-7-12(18)8-6-11)9-13-10-16(19)17(14)20(13)2/h5-8,13-17H,3-4,9-10H2,1-2H3/t13?,14?,15?,16-,17?/m1/s1. The maximum Gasteiger partial charge on any atom is 0.123 e. The van der Waals surface area contributed by atoms with Gasteiger partial charge >= 0.3 is 0 Å². The molecule has 4 unspecified atom stereocenters. The lowest BCUT2D eigenvalue weighted by Crippen LogP contribution is -2.47. The van der Waals surface area contributed by atoms with Gasteiger partial charge in [0.1, 0.15) is 12.0 Å². The molecule has 20 heavy (non-hydrogen) atoms. The lowest BCUT2D eigenvalue weighted by atomic mass is 9.74. The summed E-state index contributed by atoms with van der Waals surface area (Å²) in [6, 6.07) is 7.24. The second kappa shape index (κ2) is 5.44. The average Bonchev–Trinajstić information content (AvgIpc) is 2.61. The zero-order valence-electron chi connectivity index (χ0n) is 12.2. The van der Waals surface area contributed by atoms with Crippen molar-refractivity contribution in [1.29, 1.82) is 0 Å². The van der Waals surface area contributed by atoms with Crippen LogP contribution in [-0.4, -0.2) is 30.2 Å². The fourth-order valence-electron chi connectivity index (χ4n) is 4.40. The number of nitrogens with zero attached hydrogens (tertiary/aromatic N) is 1. The summed E-state index contributed by atoms with van der Waals surface area (Å²) in [5, 5.41) is 0. The van der Waals surface area contributed by atoms with Crippen LogP contribution < -0.4 is 0 Å². The molecule has 2 aliphatic heterocycles. The highest BCUT2D eigenvalue weighted by Crippen LogP contribution is 2.48. The number of benzene rings is 1. The number of hydrogen-bond acceptors (Lipinski definition) is 1. The summed E-state index contributed by atoms with van der Waals surface area (Å²) >= 11 is 0. The summed E-state index contributed by atoms with van der Waals surface area (Å²) < 4.78 is 27.5. The van der Waals surface area contributed by atoms with Crippen LogP contribution in [0.2, 0.25) is 0 Å². The Morgan fingerprint density at radius 3 is 2.55 bits per heavy atom. The molecule has 1 aromatic carbocycles. The van der Waals surface area contributed by atoms with E-state index >= 15 is 0 Å². The van der Waals surface area contributed by atoms with Gasteiger partial charge in [-0.15, -0.1) is 0 Å². The van der Waals surface area contributed by atoms with E-state index in [1.54, 1.807) is 0 Å². The fraction of sp³-hybridized carbons (Fsp3) is 0.647. The Balaban J connectivity index is 1.91. The van der Waals surface area contributed by atoms with Gasteiger partial charge in [0.2, 0.25) is 0 Å². The van der Waals surface area contributed by atoms with E-state index in [9.17, 15) is 8.78 Å². The van der Waals surface area contributed by atoms with E-state index in [4.69, 9.17) is 0 Å². The molecule has 3 heteroatoms. The minimum Gasteiger partial charge on any atom is -0.297 e. The molecule has 2 aliphatic rings. The van der Waals surface area contributed by atoms with Crippen molar-refractivity contribution in [3.63, 3.8) is 0 Å². The van der Waals surface area contributed by atoms with Crippen LogP contribution in [0.15, 0.2) is 24.3 Å². The van der Waals surface area contributed by atoms with Crippen LogP contribution in [0, 0.1) is 11.7 Å². The van der Waals surface area contributed by atoms with Gasteiger partial charge in [0, 0.05) is 12.1 Å². The van der Waals surface area contributed by atoms with Crippen molar-refractivity contribution in [2.45, 2.75) is 56.8 Å². The lowest BCUT2D eigenvalue weighted by Gasteiger charge is -2.43. The molecule has 2 saturated heterocycles. The van der Waals surface area contributed by atoms with E-state index in [1.807, 2.05) is 12.1 Å². The predicted octanol–water partition coefficient (Wildman–Crippen LogP) is 4.14. The van der Waals surface area contributed by atoms with Gasteiger partial charge in [0.05, 0.1) is 0 Å². The number of hydrogen-bond donors (Lipinski definition) is 0. The van der Waals surface area contributed by atoms with Crippen LogP contribution in [0.25, 0.3) is 0 Å². The van der Waals surface area contributed by atoms with Gasteiger partial charge in [-0.05, 0) is 55.8 Å². The van der Waals surface area contributed by atoms with Crippen LogP contribution in [-0.2, 0) is 0 Å². The lowest BCUT2D eigenvalue weighted by molar-refractivity contribution is 0.0705. The largest absolute Gasteiger partial charge is 0.297 e. The Hall–Kier alpha value is -0.960. The van der Waals surface area contributed by atoms with E-state index in [1.165, 1.54) is 17.7 Å². The molecule has 2 bridgehead atoms. The van der Waals surface area contributed by atoms with Gasteiger partial charge in [0.25, 0.3) is 0 Å². The molecule has 1 nitrogen and oxygen atoms in total. The van der Waals surface area contributed by atoms with Crippen molar-refractivity contribution in [3.8, 4) is 0 Å². The summed E-state index contributed by atoms with van der Waals surface area (Å²) in [7, 11) is 2.07. The summed E-state index contributed by atoms with van der Waals surface area (Å²) in [5.74, 6) is 0.534. The van der Waals surface area contributed by atoms with E-state index in [0.29, 0.717) is 24.3 Å². The molecule has 0 radical (unpaired) electrons. The normalized spacial score (nSPS) is 37.3. The maximum absolute atomic E-state index is 14.4. The first-order valence-electron chi connectivity index (χ1n) is 7.73. The topological polar surface area (TPSA) is 3.24 Å². The van der Waals surface area contributed by atoms with Crippen LogP contribution in [0.3, 0.4) is 0 Å². The van der Waals surface area contributed by atoms with Crippen molar-refractivity contribution in [2.24, 2.45) is 5.92 Å². The first-order chi connectivity index (χ1) is 9.61. The predicted molar refractivity (Wildman–Crippen MR) is 77.0 cm³/mol. The number of alkyl halides is 1.